The third-order valence-corrected chi connectivity index (χ3v) is 3.50. The van der Waals surface area contributed by atoms with Gasteiger partial charge in [-0.15, -0.1) is 0 Å². The van der Waals surface area contributed by atoms with Crippen LogP contribution >= 0.6 is 0 Å². The molecule has 3 nitrogen and oxygen atoms in total. The van der Waals surface area contributed by atoms with E-state index in [2.05, 4.69) is 0 Å². The fourth-order valence-corrected chi connectivity index (χ4v) is 2.35. The van der Waals surface area contributed by atoms with Crippen molar-refractivity contribution in [3.8, 4) is 17.1 Å². The fourth-order valence-electron chi connectivity index (χ4n) is 2.35. The summed E-state index contributed by atoms with van der Waals surface area (Å²) >= 11 is 0. The molecule has 0 spiro atoms. The van der Waals surface area contributed by atoms with Gasteiger partial charge in [0, 0.05) is 5.56 Å². The van der Waals surface area contributed by atoms with Gasteiger partial charge >= 0.3 is 0 Å². The molecule has 112 valence electrons. The third kappa shape index (κ3) is 3.21. The zero-order valence-electron chi connectivity index (χ0n) is 12.5. The molecule has 0 saturated heterocycles. The second-order valence-corrected chi connectivity index (χ2v) is 5.16. The number of benzene rings is 2. The molecule has 1 heterocycles. The van der Waals surface area contributed by atoms with Gasteiger partial charge in [-0.3, -0.25) is 0 Å². The molecule has 3 heteroatoms. The molecular formula is C19H18O3. The number of rotatable bonds is 5. The molecule has 0 radical (unpaired) electrons. The first-order valence-electron chi connectivity index (χ1n) is 7.23. The van der Waals surface area contributed by atoms with Gasteiger partial charge in [0.2, 0.25) is 0 Å². The van der Waals surface area contributed by atoms with Crippen LogP contribution in [0.4, 0.5) is 0 Å². The van der Waals surface area contributed by atoms with Crippen molar-refractivity contribution in [1.29, 1.82) is 0 Å². The standard InChI is InChI=1S/C19H18O3/c1-14-7-10-19(22-14)18-9-8-17(11-16(18)12-20)21-13-15-5-3-2-4-6-15/h2-11,20H,12-13H2,1H3. The molecule has 1 aromatic heterocycles. The fraction of sp³-hybridized carbons (Fsp3) is 0.158. The number of aliphatic hydroxyl groups excluding tert-OH is 1. The highest BCUT2D eigenvalue weighted by atomic mass is 16.5. The summed E-state index contributed by atoms with van der Waals surface area (Å²) in [6.45, 7) is 2.35. The first-order valence-corrected chi connectivity index (χ1v) is 7.23. The Balaban J connectivity index is 1.79. The number of hydrogen-bond acceptors (Lipinski definition) is 3. The van der Waals surface area contributed by atoms with Crippen molar-refractivity contribution in [3.63, 3.8) is 0 Å². The van der Waals surface area contributed by atoms with E-state index in [-0.39, 0.29) is 6.61 Å². The molecule has 1 N–H and O–H groups in total. The summed E-state index contributed by atoms with van der Waals surface area (Å²) in [5.41, 5.74) is 2.79. The van der Waals surface area contributed by atoms with Crippen LogP contribution in [0.1, 0.15) is 16.9 Å². The molecular weight excluding hydrogens is 276 g/mol. The summed E-state index contributed by atoms with van der Waals surface area (Å²) in [7, 11) is 0. The predicted octanol–water partition coefficient (Wildman–Crippen LogP) is 4.33. The van der Waals surface area contributed by atoms with E-state index < -0.39 is 0 Å². The van der Waals surface area contributed by atoms with Crippen molar-refractivity contribution >= 4 is 0 Å². The van der Waals surface area contributed by atoms with Gasteiger partial charge in [0.05, 0.1) is 6.61 Å². The largest absolute Gasteiger partial charge is 0.489 e. The maximum absolute atomic E-state index is 9.60. The molecule has 0 fully saturated rings. The van der Waals surface area contributed by atoms with Crippen LogP contribution in [-0.4, -0.2) is 5.11 Å². The number of ether oxygens (including phenoxy) is 1. The van der Waals surface area contributed by atoms with E-state index in [4.69, 9.17) is 9.15 Å². The molecule has 3 aromatic rings. The SMILES string of the molecule is Cc1ccc(-c2ccc(OCc3ccccc3)cc2CO)o1. The second-order valence-electron chi connectivity index (χ2n) is 5.16. The zero-order valence-corrected chi connectivity index (χ0v) is 12.5. The van der Waals surface area contributed by atoms with Crippen LogP contribution < -0.4 is 4.74 Å². The Morgan fingerprint density at radius 1 is 1.00 bits per heavy atom. The molecule has 0 bridgehead atoms. The summed E-state index contributed by atoms with van der Waals surface area (Å²) in [6.07, 6.45) is 0. The van der Waals surface area contributed by atoms with E-state index in [1.165, 1.54) is 0 Å². The Kier molecular flexibility index (Phi) is 4.26. The predicted molar refractivity (Wildman–Crippen MR) is 85.6 cm³/mol. The van der Waals surface area contributed by atoms with Crippen LogP contribution in [0, 0.1) is 6.92 Å². The smallest absolute Gasteiger partial charge is 0.134 e. The van der Waals surface area contributed by atoms with E-state index in [1.54, 1.807) is 0 Å². The van der Waals surface area contributed by atoms with Gasteiger partial charge in [-0.2, -0.15) is 0 Å². The maximum atomic E-state index is 9.60. The first-order chi connectivity index (χ1) is 10.8. The van der Waals surface area contributed by atoms with Crippen molar-refractivity contribution < 1.29 is 14.3 Å². The van der Waals surface area contributed by atoms with Gasteiger partial charge in [-0.1, -0.05) is 30.3 Å². The van der Waals surface area contributed by atoms with Crippen molar-refractivity contribution in [1.82, 2.24) is 0 Å². The molecule has 0 atom stereocenters. The van der Waals surface area contributed by atoms with Crippen molar-refractivity contribution in [2.24, 2.45) is 0 Å². The molecule has 22 heavy (non-hydrogen) atoms. The molecule has 0 saturated carbocycles. The first kappa shape index (κ1) is 14.4. The van der Waals surface area contributed by atoms with Crippen LogP contribution in [-0.2, 0) is 13.2 Å². The summed E-state index contributed by atoms with van der Waals surface area (Å²) in [5.74, 6) is 2.35. The van der Waals surface area contributed by atoms with E-state index in [0.29, 0.717) is 6.61 Å². The van der Waals surface area contributed by atoms with E-state index in [0.717, 1.165) is 34.0 Å². The van der Waals surface area contributed by atoms with Gasteiger partial charge in [0.15, 0.2) is 0 Å². The van der Waals surface area contributed by atoms with Crippen molar-refractivity contribution in [2.75, 3.05) is 0 Å². The topological polar surface area (TPSA) is 42.6 Å². The van der Waals surface area contributed by atoms with Gasteiger partial charge < -0.3 is 14.3 Å². The lowest BCUT2D eigenvalue weighted by atomic mass is 10.1. The lowest BCUT2D eigenvalue weighted by Crippen LogP contribution is -1.97. The van der Waals surface area contributed by atoms with Gasteiger partial charge in [0.25, 0.3) is 0 Å². The molecule has 0 aliphatic carbocycles. The number of aliphatic hydroxyl groups is 1. The Hall–Kier alpha value is -2.52. The second kappa shape index (κ2) is 6.50. The minimum Gasteiger partial charge on any atom is -0.489 e. The zero-order chi connectivity index (χ0) is 15.4. The van der Waals surface area contributed by atoms with Crippen LogP contribution in [0.15, 0.2) is 65.1 Å². The Labute approximate surface area is 129 Å². The highest BCUT2D eigenvalue weighted by Crippen LogP contribution is 2.29. The average Bonchev–Trinajstić information content (AvgIpc) is 3.00. The summed E-state index contributed by atoms with van der Waals surface area (Å²) < 4.78 is 11.4. The molecule has 0 amide bonds. The quantitative estimate of drug-likeness (QED) is 0.761. The van der Waals surface area contributed by atoms with Crippen LogP contribution in [0.25, 0.3) is 11.3 Å². The van der Waals surface area contributed by atoms with Crippen LogP contribution in [0.2, 0.25) is 0 Å². The number of hydrogen-bond donors (Lipinski definition) is 1. The van der Waals surface area contributed by atoms with E-state index in [9.17, 15) is 5.11 Å². The third-order valence-electron chi connectivity index (χ3n) is 3.50. The van der Waals surface area contributed by atoms with Crippen molar-refractivity contribution in [3.05, 3.63) is 77.6 Å². The minimum atomic E-state index is -0.0579. The van der Waals surface area contributed by atoms with Crippen LogP contribution in [0.3, 0.4) is 0 Å². The molecule has 0 unspecified atom stereocenters. The molecule has 3 rings (SSSR count). The van der Waals surface area contributed by atoms with Gasteiger partial charge in [-0.05, 0) is 48.4 Å². The Morgan fingerprint density at radius 2 is 1.82 bits per heavy atom. The van der Waals surface area contributed by atoms with Crippen LogP contribution in [0.5, 0.6) is 5.75 Å². The summed E-state index contributed by atoms with van der Waals surface area (Å²) in [6, 6.07) is 19.5. The van der Waals surface area contributed by atoms with E-state index in [1.807, 2.05) is 67.6 Å². The average molecular weight is 294 g/mol. The lowest BCUT2D eigenvalue weighted by molar-refractivity contribution is 0.278. The molecule has 0 aliphatic rings. The highest BCUT2D eigenvalue weighted by molar-refractivity contribution is 5.63. The Bertz CT molecular complexity index is 744. The van der Waals surface area contributed by atoms with Gasteiger partial charge in [-0.25, -0.2) is 0 Å². The summed E-state index contributed by atoms with van der Waals surface area (Å²) in [4.78, 5) is 0. The van der Waals surface area contributed by atoms with Crippen molar-refractivity contribution in [2.45, 2.75) is 20.1 Å². The molecule has 2 aromatic carbocycles. The number of aryl methyl sites for hydroxylation is 1. The monoisotopic (exact) mass is 294 g/mol. The minimum absolute atomic E-state index is 0.0579. The maximum Gasteiger partial charge on any atom is 0.134 e. The highest BCUT2D eigenvalue weighted by Gasteiger charge is 2.09. The van der Waals surface area contributed by atoms with Gasteiger partial charge in [0.1, 0.15) is 23.9 Å². The molecule has 0 aliphatic heterocycles. The summed E-state index contributed by atoms with van der Waals surface area (Å²) in [5, 5.41) is 9.60. The van der Waals surface area contributed by atoms with E-state index >= 15 is 0 Å². The lowest BCUT2D eigenvalue weighted by Gasteiger charge is -2.10. The number of furan rings is 1. The Morgan fingerprint density at radius 3 is 2.50 bits per heavy atom. The normalized spacial score (nSPS) is 10.6.